The number of aryl methyl sites for hydroxylation is 1. The first-order valence-corrected chi connectivity index (χ1v) is 8.00. The summed E-state index contributed by atoms with van der Waals surface area (Å²) >= 11 is 0. The zero-order valence-electron chi connectivity index (χ0n) is 12.1. The van der Waals surface area contributed by atoms with Crippen molar-refractivity contribution >= 4 is 0 Å². The number of hydrogen-bond donors (Lipinski definition) is 1. The van der Waals surface area contributed by atoms with Gasteiger partial charge in [-0.3, -0.25) is 0 Å². The molecule has 108 valence electrons. The van der Waals surface area contributed by atoms with Crippen LogP contribution in [0.25, 0.3) is 0 Å². The van der Waals surface area contributed by atoms with Crippen LogP contribution in [-0.4, -0.2) is 5.11 Å². The second-order valence-corrected chi connectivity index (χ2v) is 7.69. The zero-order chi connectivity index (χ0) is 13.9. The van der Waals surface area contributed by atoms with Gasteiger partial charge < -0.3 is 5.11 Å². The summed E-state index contributed by atoms with van der Waals surface area (Å²) < 4.78 is 13.8. The highest BCUT2D eigenvalue weighted by molar-refractivity contribution is 5.27. The van der Waals surface area contributed by atoms with Gasteiger partial charge in [0, 0.05) is 5.41 Å². The molecule has 0 aliphatic heterocycles. The predicted octanol–water partition coefficient (Wildman–Crippen LogP) is 4.38. The van der Waals surface area contributed by atoms with Crippen LogP contribution in [0.1, 0.15) is 55.8 Å². The van der Waals surface area contributed by atoms with Gasteiger partial charge in [0.05, 0.1) is 6.10 Å². The summed E-state index contributed by atoms with van der Waals surface area (Å²) in [5.74, 6) is 2.25. The number of benzene rings is 1. The maximum atomic E-state index is 13.8. The quantitative estimate of drug-likeness (QED) is 0.848. The first-order chi connectivity index (χ1) is 9.56. The molecule has 20 heavy (non-hydrogen) atoms. The molecule has 1 aromatic carbocycles. The minimum Gasteiger partial charge on any atom is -0.388 e. The van der Waals surface area contributed by atoms with E-state index in [2.05, 4.69) is 0 Å². The van der Waals surface area contributed by atoms with Gasteiger partial charge in [0.15, 0.2) is 0 Å². The molecular weight excluding hydrogens is 251 g/mol. The van der Waals surface area contributed by atoms with E-state index in [4.69, 9.17) is 0 Å². The number of aliphatic hydroxyl groups excluding tert-OH is 1. The molecule has 4 fully saturated rings. The molecule has 1 nitrogen and oxygen atoms in total. The molecule has 4 aliphatic rings. The van der Waals surface area contributed by atoms with Crippen molar-refractivity contribution in [2.24, 2.45) is 23.2 Å². The van der Waals surface area contributed by atoms with Crippen molar-refractivity contribution in [3.8, 4) is 0 Å². The van der Waals surface area contributed by atoms with E-state index in [1.807, 2.05) is 6.07 Å². The van der Waals surface area contributed by atoms with Crippen molar-refractivity contribution in [3.63, 3.8) is 0 Å². The lowest BCUT2D eigenvalue weighted by Gasteiger charge is -2.58. The number of aliphatic hydroxyl groups is 1. The van der Waals surface area contributed by atoms with Crippen molar-refractivity contribution in [1.29, 1.82) is 0 Å². The molecular formula is C18H23FO. The first kappa shape index (κ1) is 12.8. The first-order valence-electron chi connectivity index (χ1n) is 8.00. The fourth-order valence-corrected chi connectivity index (χ4v) is 5.65. The summed E-state index contributed by atoms with van der Waals surface area (Å²) in [6, 6.07) is 5.27. The molecule has 0 aromatic heterocycles. The van der Waals surface area contributed by atoms with Crippen molar-refractivity contribution in [2.75, 3.05) is 0 Å². The molecule has 0 saturated heterocycles. The lowest BCUT2D eigenvalue weighted by molar-refractivity contribution is -0.122. The summed E-state index contributed by atoms with van der Waals surface area (Å²) in [5, 5.41) is 10.9. The lowest BCUT2D eigenvalue weighted by Crippen LogP contribution is -2.48. The van der Waals surface area contributed by atoms with Gasteiger partial charge in [0.2, 0.25) is 0 Å². The Hall–Kier alpha value is -0.890. The summed E-state index contributed by atoms with van der Waals surface area (Å²) in [6.45, 7) is 1.77. The van der Waals surface area contributed by atoms with E-state index in [0.717, 1.165) is 42.6 Å². The SMILES string of the molecule is Cc1ccc(C(O)C23CC4CC(CC(C4)C2)C3)cc1F. The molecule has 4 bridgehead atoms. The molecule has 0 spiro atoms. The maximum Gasteiger partial charge on any atom is 0.126 e. The van der Waals surface area contributed by atoms with Crippen LogP contribution < -0.4 is 0 Å². The van der Waals surface area contributed by atoms with E-state index in [1.54, 1.807) is 19.1 Å². The Balaban J connectivity index is 1.67. The summed E-state index contributed by atoms with van der Waals surface area (Å²) in [5.41, 5.74) is 1.48. The van der Waals surface area contributed by atoms with Crippen molar-refractivity contribution in [2.45, 2.75) is 51.6 Å². The van der Waals surface area contributed by atoms with Crippen LogP contribution in [-0.2, 0) is 0 Å². The molecule has 5 rings (SSSR count). The molecule has 4 saturated carbocycles. The highest BCUT2D eigenvalue weighted by Crippen LogP contribution is 2.64. The summed E-state index contributed by atoms with van der Waals surface area (Å²) in [6.07, 6.45) is 7.07. The molecule has 1 atom stereocenters. The second-order valence-electron chi connectivity index (χ2n) is 7.69. The maximum absolute atomic E-state index is 13.8. The second kappa shape index (κ2) is 4.30. The molecule has 1 N–H and O–H groups in total. The van der Waals surface area contributed by atoms with Crippen LogP contribution in [0, 0.1) is 35.9 Å². The van der Waals surface area contributed by atoms with Gasteiger partial charge in [-0.1, -0.05) is 12.1 Å². The molecule has 0 radical (unpaired) electrons. The van der Waals surface area contributed by atoms with E-state index in [9.17, 15) is 9.50 Å². The third-order valence-corrected chi connectivity index (χ3v) is 6.18. The standard InChI is InChI=1S/C18H23FO/c1-11-2-3-15(7-16(11)19)17(20)18-8-12-4-13(9-18)6-14(5-12)10-18/h2-3,7,12-14,17,20H,4-6,8-10H2,1H3. The minimum absolute atomic E-state index is 0.0381. The average molecular weight is 274 g/mol. The largest absolute Gasteiger partial charge is 0.388 e. The summed E-state index contributed by atoms with van der Waals surface area (Å²) in [7, 11) is 0. The van der Waals surface area contributed by atoms with Gasteiger partial charge >= 0.3 is 0 Å². The van der Waals surface area contributed by atoms with Gasteiger partial charge in [-0.15, -0.1) is 0 Å². The number of halogens is 1. The smallest absolute Gasteiger partial charge is 0.126 e. The van der Waals surface area contributed by atoms with Crippen LogP contribution in [0.4, 0.5) is 4.39 Å². The Kier molecular flexibility index (Phi) is 2.76. The normalized spacial score (nSPS) is 40.0. The Bertz CT molecular complexity index is 501. The number of hydrogen-bond acceptors (Lipinski definition) is 1. The Morgan fingerprint density at radius 3 is 2.15 bits per heavy atom. The predicted molar refractivity (Wildman–Crippen MR) is 76.7 cm³/mol. The van der Waals surface area contributed by atoms with Gasteiger partial charge in [-0.25, -0.2) is 4.39 Å². The van der Waals surface area contributed by atoms with Crippen molar-refractivity contribution in [1.82, 2.24) is 0 Å². The van der Waals surface area contributed by atoms with Crippen molar-refractivity contribution < 1.29 is 9.50 Å². The van der Waals surface area contributed by atoms with Crippen molar-refractivity contribution in [3.05, 3.63) is 35.1 Å². The number of rotatable bonds is 2. The third kappa shape index (κ3) is 1.84. The lowest BCUT2D eigenvalue weighted by atomic mass is 9.47. The molecule has 1 aromatic rings. The molecule has 0 amide bonds. The van der Waals surface area contributed by atoms with E-state index in [-0.39, 0.29) is 11.2 Å². The third-order valence-electron chi connectivity index (χ3n) is 6.18. The van der Waals surface area contributed by atoms with Crippen LogP contribution in [0.5, 0.6) is 0 Å². The summed E-state index contributed by atoms with van der Waals surface area (Å²) in [4.78, 5) is 0. The van der Waals surface area contributed by atoms with Crippen LogP contribution in [0.2, 0.25) is 0 Å². The Morgan fingerprint density at radius 2 is 1.65 bits per heavy atom. The van der Waals surface area contributed by atoms with Crippen LogP contribution in [0.3, 0.4) is 0 Å². The van der Waals surface area contributed by atoms with Gasteiger partial charge in [0.25, 0.3) is 0 Å². The fraction of sp³-hybridized carbons (Fsp3) is 0.667. The molecule has 2 heteroatoms. The Morgan fingerprint density at radius 1 is 1.10 bits per heavy atom. The minimum atomic E-state index is -0.481. The van der Waals surface area contributed by atoms with Crippen LogP contribution in [0.15, 0.2) is 18.2 Å². The highest BCUT2D eigenvalue weighted by Gasteiger charge is 2.54. The average Bonchev–Trinajstić information content (AvgIpc) is 2.39. The van der Waals surface area contributed by atoms with Gasteiger partial charge in [-0.05, 0) is 80.4 Å². The van der Waals surface area contributed by atoms with E-state index in [1.165, 1.54) is 19.3 Å². The highest BCUT2D eigenvalue weighted by atomic mass is 19.1. The van der Waals surface area contributed by atoms with Gasteiger partial charge in [-0.2, -0.15) is 0 Å². The topological polar surface area (TPSA) is 20.2 Å². The van der Waals surface area contributed by atoms with E-state index >= 15 is 0 Å². The Labute approximate surface area is 120 Å². The molecule has 0 heterocycles. The van der Waals surface area contributed by atoms with Crippen LogP contribution >= 0.6 is 0 Å². The zero-order valence-corrected chi connectivity index (χ0v) is 12.1. The van der Waals surface area contributed by atoms with E-state index < -0.39 is 6.10 Å². The monoisotopic (exact) mass is 274 g/mol. The van der Waals surface area contributed by atoms with E-state index in [0.29, 0.717) is 5.56 Å². The fourth-order valence-electron chi connectivity index (χ4n) is 5.65. The molecule has 4 aliphatic carbocycles. The molecule has 1 unspecified atom stereocenters. The van der Waals surface area contributed by atoms with Gasteiger partial charge in [0.1, 0.15) is 5.82 Å².